The second-order valence-electron chi connectivity index (χ2n) is 7.00. The minimum absolute atomic E-state index is 0.113. The number of likely N-dealkylation sites (tertiary alicyclic amines) is 1. The highest BCUT2D eigenvalue weighted by Crippen LogP contribution is 2.28. The average molecular weight is 312 g/mol. The van der Waals surface area contributed by atoms with Crippen molar-refractivity contribution < 1.29 is 14.3 Å². The lowest BCUT2D eigenvalue weighted by atomic mass is 9.80. The van der Waals surface area contributed by atoms with Crippen LogP contribution in [-0.2, 0) is 9.47 Å². The molecule has 5 nitrogen and oxygen atoms in total. The second kappa shape index (κ2) is 8.73. The monoisotopic (exact) mass is 312 g/mol. The minimum atomic E-state index is 0.113. The number of rotatable bonds is 5. The van der Waals surface area contributed by atoms with E-state index in [9.17, 15) is 4.79 Å². The van der Waals surface area contributed by atoms with Gasteiger partial charge in [-0.1, -0.05) is 13.8 Å². The quantitative estimate of drug-likeness (QED) is 0.794. The summed E-state index contributed by atoms with van der Waals surface area (Å²) in [7, 11) is 1.68. The minimum Gasteiger partial charge on any atom is -0.382 e. The first kappa shape index (κ1) is 17.5. The smallest absolute Gasteiger partial charge is 0.317 e. The van der Waals surface area contributed by atoms with Crippen molar-refractivity contribution in [2.45, 2.75) is 58.1 Å². The molecule has 3 atom stereocenters. The first-order chi connectivity index (χ1) is 10.6. The van der Waals surface area contributed by atoms with Crippen LogP contribution in [0.5, 0.6) is 0 Å². The molecule has 0 bridgehead atoms. The molecule has 0 aromatic carbocycles. The van der Waals surface area contributed by atoms with Crippen LogP contribution in [0.2, 0.25) is 0 Å². The molecule has 1 saturated carbocycles. The van der Waals surface area contributed by atoms with E-state index in [-0.39, 0.29) is 12.1 Å². The third-order valence-corrected chi connectivity index (χ3v) is 5.11. The van der Waals surface area contributed by atoms with Crippen molar-refractivity contribution in [3.05, 3.63) is 0 Å². The fourth-order valence-electron chi connectivity index (χ4n) is 3.65. The zero-order valence-corrected chi connectivity index (χ0v) is 14.3. The fourth-order valence-corrected chi connectivity index (χ4v) is 3.65. The summed E-state index contributed by atoms with van der Waals surface area (Å²) in [6.45, 7) is 7.44. The molecule has 1 heterocycles. The number of urea groups is 1. The third kappa shape index (κ3) is 5.13. The van der Waals surface area contributed by atoms with Crippen molar-refractivity contribution in [2.24, 2.45) is 11.8 Å². The van der Waals surface area contributed by atoms with E-state index in [1.54, 1.807) is 7.11 Å². The van der Waals surface area contributed by atoms with Gasteiger partial charge >= 0.3 is 6.03 Å². The number of ether oxygens (including phenoxy) is 2. The van der Waals surface area contributed by atoms with Gasteiger partial charge in [-0.25, -0.2) is 4.79 Å². The standard InChI is InChI=1S/C17H32N2O3/c1-13-4-5-16(14(2)12-13)18-17(20)19-8-6-15(7-9-19)22-11-10-21-3/h13-16H,4-12H2,1-3H3,(H,18,20). The molecule has 0 aromatic rings. The summed E-state index contributed by atoms with van der Waals surface area (Å²) < 4.78 is 10.7. The van der Waals surface area contributed by atoms with Crippen LogP contribution in [0.25, 0.3) is 0 Å². The zero-order chi connectivity index (χ0) is 15.9. The van der Waals surface area contributed by atoms with Gasteiger partial charge in [0.25, 0.3) is 0 Å². The lowest BCUT2D eigenvalue weighted by Gasteiger charge is -2.37. The molecule has 22 heavy (non-hydrogen) atoms. The number of hydrogen-bond donors (Lipinski definition) is 1. The van der Waals surface area contributed by atoms with E-state index in [2.05, 4.69) is 19.2 Å². The Kier molecular flexibility index (Phi) is 6.96. The van der Waals surface area contributed by atoms with Crippen molar-refractivity contribution >= 4 is 6.03 Å². The summed E-state index contributed by atoms with van der Waals surface area (Å²) >= 11 is 0. The molecule has 128 valence electrons. The first-order valence-electron chi connectivity index (χ1n) is 8.76. The fraction of sp³-hybridized carbons (Fsp3) is 0.941. The lowest BCUT2D eigenvalue weighted by molar-refractivity contribution is -0.00949. The van der Waals surface area contributed by atoms with Crippen LogP contribution in [-0.4, -0.2) is 56.5 Å². The van der Waals surface area contributed by atoms with Crippen LogP contribution in [0.4, 0.5) is 4.79 Å². The molecule has 0 spiro atoms. The number of nitrogens with zero attached hydrogens (tertiary/aromatic N) is 1. The van der Waals surface area contributed by atoms with Gasteiger partial charge < -0.3 is 19.7 Å². The predicted molar refractivity (Wildman–Crippen MR) is 86.9 cm³/mol. The second-order valence-corrected chi connectivity index (χ2v) is 7.00. The van der Waals surface area contributed by atoms with E-state index < -0.39 is 0 Å². The Morgan fingerprint density at radius 2 is 1.86 bits per heavy atom. The van der Waals surface area contributed by atoms with E-state index in [1.807, 2.05) is 4.90 Å². The maximum Gasteiger partial charge on any atom is 0.317 e. The third-order valence-electron chi connectivity index (χ3n) is 5.11. The number of amides is 2. The Balaban J connectivity index is 1.69. The van der Waals surface area contributed by atoms with Gasteiger partial charge in [-0.05, 0) is 43.9 Å². The maximum absolute atomic E-state index is 12.4. The van der Waals surface area contributed by atoms with Crippen LogP contribution in [0.1, 0.15) is 46.0 Å². The Morgan fingerprint density at radius 3 is 2.50 bits per heavy atom. The summed E-state index contributed by atoms with van der Waals surface area (Å²) in [4.78, 5) is 14.4. The van der Waals surface area contributed by atoms with Crippen molar-refractivity contribution in [2.75, 3.05) is 33.4 Å². The molecular formula is C17H32N2O3. The number of piperidine rings is 1. The molecule has 1 saturated heterocycles. The number of carbonyl (C=O) groups is 1. The molecule has 2 aliphatic rings. The molecule has 1 aliphatic heterocycles. The molecule has 2 amide bonds. The van der Waals surface area contributed by atoms with Gasteiger partial charge in [-0.2, -0.15) is 0 Å². The van der Waals surface area contributed by atoms with Crippen LogP contribution < -0.4 is 5.32 Å². The lowest BCUT2D eigenvalue weighted by Crippen LogP contribution is -2.51. The highest BCUT2D eigenvalue weighted by molar-refractivity contribution is 5.74. The van der Waals surface area contributed by atoms with Gasteiger partial charge in [0.15, 0.2) is 0 Å². The van der Waals surface area contributed by atoms with E-state index in [1.165, 1.54) is 12.8 Å². The maximum atomic E-state index is 12.4. The van der Waals surface area contributed by atoms with Gasteiger partial charge in [0.1, 0.15) is 0 Å². The first-order valence-corrected chi connectivity index (χ1v) is 8.76. The Hall–Kier alpha value is -0.810. The van der Waals surface area contributed by atoms with Gasteiger partial charge in [0.2, 0.25) is 0 Å². The summed E-state index contributed by atoms with van der Waals surface area (Å²) in [6, 6.07) is 0.459. The van der Waals surface area contributed by atoms with Gasteiger partial charge in [-0.15, -0.1) is 0 Å². The average Bonchev–Trinajstić information content (AvgIpc) is 2.51. The summed E-state index contributed by atoms with van der Waals surface area (Å²) in [5, 5.41) is 3.25. The molecule has 0 aromatic heterocycles. The molecule has 1 N–H and O–H groups in total. The van der Waals surface area contributed by atoms with Crippen molar-refractivity contribution in [1.29, 1.82) is 0 Å². The van der Waals surface area contributed by atoms with Crippen molar-refractivity contribution in [1.82, 2.24) is 10.2 Å². The molecule has 2 fully saturated rings. The van der Waals surface area contributed by atoms with Crippen LogP contribution in [0.3, 0.4) is 0 Å². The Labute approximate surface area is 134 Å². The molecule has 1 aliphatic carbocycles. The largest absolute Gasteiger partial charge is 0.382 e. The van der Waals surface area contributed by atoms with E-state index >= 15 is 0 Å². The van der Waals surface area contributed by atoms with E-state index in [0.29, 0.717) is 25.2 Å². The van der Waals surface area contributed by atoms with Crippen LogP contribution in [0.15, 0.2) is 0 Å². The van der Waals surface area contributed by atoms with E-state index in [4.69, 9.17) is 9.47 Å². The molecule has 2 rings (SSSR count). The molecule has 3 unspecified atom stereocenters. The van der Waals surface area contributed by atoms with Crippen LogP contribution >= 0.6 is 0 Å². The Morgan fingerprint density at radius 1 is 1.14 bits per heavy atom. The number of carbonyl (C=O) groups excluding carboxylic acids is 1. The molecule has 0 radical (unpaired) electrons. The van der Waals surface area contributed by atoms with E-state index in [0.717, 1.165) is 38.3 Å². The highest BCUT2D eigenvalue weighted by atomic mass is 16.5. The predicted octanol–water partition coefficient (Wildman–Crippen LogP) is 2.65. The van der Waals surface area contributed by atoms with Gasteiger partial charge in [0, 0.05) is 26.2 Å². The van der Waals surface area contributed by atoms with Crippen LogP contribution in [0, 0.1) is 11.8 Å². The summed E-state index contributed by atoms with van der Waals surface area (Å²) in [5.74, 6) is 1.38. The molecular weight excluding hydrogens is 280 g/mol. The Bertz CT molecular complexity index is 343. The van der Waals surface area contributed by atoms with Crippen molar-refractivity contribution in [3.8, 4) is 0 Å². The zero-order valence-electron chi connectivity index (χ0n) is 14.3. The highest BCUT2D eigenvalue weighted by Gasteiger charge is 2.29. The normalized spacial score (nSPS) is 30.3. The van der Waals surface area contributed by atoms with Gasteiger partial charge in [-0.3, -0.25) is 0 Å². The number of methoxy groups -OCH3 is 1. The summed E-state index contributed by atoms with van der Waals surface area (Å²) in [6.07, 6.45) is 5.69. The molecule has 5 heteroatoms. The number of nitrogens with one attached hydrogen (secondary N) is 1. The SMILES string of the molecule is COCCOC1CCN(C(=O)NC2CCC(C)CC2C)CC1. The van der Waals surface area contributed by atoms with Crippen molar-refractivity contribution in [3.63, 3.8) is 0 Å². The summed E-state index contributed by atoms with van der Waals surface area (Å²) in [5.41, 5.74) is 0. The number of hydrogen-bond acceptors (Lipinski definition) is 3. The van der Waals surface area contributed by atoms with Gasteiger partial charge in [0.05, 0.1) is 19.3 Å². The topological polar surface area (TPSA) is 50.8 Å².